The Morgan fingerprint density at radius 2 is 2.00 bits per heavy atom. The van der Waals surface area contributed by atoms with Gasteiger partial charge in [0, 0.05) is 5.56 Å². The van der Waals surface area contributed by atoms with Crippen LogP contribution < -0.4 is 5.32 Å². The number of carbonyl (C=O) groups excluding carboxylic acids is 2. The fourth-order valence-electron chi connectivity index (χ4n) is 2.29. The highest BCUT2D eigenvalue weighted by atomic mass is 19.1. The molecule has 5 heteroatoms. The lowest BCUT2D eigenvalue weighted by atomic mass is 9.99. The second kappa shape index (κ2) is 10.1. The van der Waals surface area contributed by atoms with Crippen molar-refractivity contribution in [2.75, 3.05) is 13.2 Å². The molecule has 0 heterocycles. The molecule has 0 aliphatic carbocycles. The van der Waals surface area contributed by atoms with E-state index in [-0.39, 0.29) is 24.6 Å². The molecule has 1 unspecified atom stereocenters. The lowest BCUT2D eigenvalue weighted by Gasteiger charge is -2.17. The number of halogens is 1. The third-order valence-corrected chi connectivity index (χ3v) is 3.61. The monoisotopic (exact) mass is 323 g/mol. The number of ketones is 1. The van der Waals surface area contributed by atoms with E-state index in [0.29, 0.717) is 17.7 Å². The quantitative estimate of drug-likeness (QED) is 0.407. The van der Waals surface area contributed by atoms with Crippen molar-refractivity contribution < 1.29 is 18.7 Å². The van der Waals surface area contributed by atoms with Crippen LogP contribution in [0.4, 0.5) is 4.39 Å². The van der Waals surface area contributed by atoms with E-state index >= 15 is 0 Å². The maximum atomic E-state index is 13.4. The van der Waals surface area contributed by atoms with Crippen LogP contribution in [0.2, 0.25) is 0 Å². The van der Waals surface area contributed by atoms with Gasteiger partial charge in [0.25, 0.3) is 0 Å². The molecule has 0 saturated carbocycles. The summed E-state index contributed by atoms with van der Waals surface area (Å²) >= 11 is 0. The minimum absolute atomic E-state index is 0.0186. The second-order valence-corrected chi connectivity index (χ2v) is 5.55. The van der Waals surface area contributed by atoms with Gasteiger partial charge in [-0.05, 0) is 50.6 Å². The predicted molar refractivity (Wildman–Crippen MR) is 88.0 cm³/mol. The summed E-state index contributed by atoms with van der Waals surface area (Å²) < 4.78 is 18.3. The fraction of sp³-hybridized carbons (Fsp3) is 0.556. The van der Waals surface area contributed by atoms with E-state index in [1.165, 1.54) is 18.2 Å². The number of Topliss-reactive ketones (excluding diaryl/α,β-unsaturated/α-hetero) is 1. The summed E-state index contributed by atoms with van der Waals surface area (Å²) in [6, 6.07) is 3.61. The average molecular weight is 323 g/mol. The maximum Gasteiger partial charge on any atom is 0.307 e. The van der Waals surface area contributed by atoms with Gasteiger partial charge in [-0.25, -0.2) is 4.39 Å². The summed E-state index contributed by atoms with van der Waals surface area (Å²) in [6.07, 6.45) is 3.05. The van der Waals surface area contributed by atoms with E-state index in [1.807, 2.05) is 0 Å². The Balaban J connectivity index is 2.80. The lowest BCUT2D eigenvalue weighted by molar-refractivity contribution is -0.143. The number of ether oxygens (including phenoxy) is 1. The first-order chi connectivity index (χ1) is 11.0. The van der Waals surface area contributed by atoms with E-state index in [2.05, 4.69) is 12.2 Å². The van der Waals surface area contributed by atoms with Crippen molar-refractivity contribution in [3.05, 3.63) is 35.1 Å². The van der Waals surface area contributed by atoms with E-state index in [4.69, 9.17) is 4.74 Å². The molecule has 1 N–H and O–H groups in total. The van der Waals surface area contributed by atoms with E-state index in [0.717, 1.165) is 19.3 Å². The fourth-order valence-corrected chi connectivity index (χ4v) is 2.29. The molecule has 128 valence electrons. The van der Waals surface area contributed by atoms with Crippen LogP contribution in [-0.2, 0) is 9.53 Å². The largest absolute Gasteiger partial charge is 0.466 e. The van der Waals surface area contributed by atoms with Crippen molar-refractivity contribution in [3.63, 3.8) is 0 Å². The lowest BCUT2D eigenvalue weighted by Crippen LogP contribution is -2.39. The number of hydrogen-bond acceptors (Lipinski definition) is 4. The molecule has 1 aromatic carbocycles. The Morgan fingerprint density at radius 3 is 2.61 bits per heavy atom. The molecule has 0 saturated heterocycles. The zero-order valence-electron chi connectivity index (χ0n) is 14.2. The van der Waals surface area contributed by atoms with Gasteiger partial charge in [0.15, 0.2) is 5.78 Å². The van der Waals surface area contributed by atoms with Crippen LogP contribution in [0.25, 0.3) is 0 Å². The Morgan fingerprint density at radius 1 is 1.26 bits per heavy atom. The summed E-state index contributed by atoms with van der Waals surface area (Å²) in [5, 5.41) is 3.13. The Labute approximate surface area is 137 Å². The summed E-state index contributed by atoms with van der Waals surface area (Å²) in [4.78, 5) is 24.3. The van der Waals surface area contributed by atoms with Crippen LogP contribution in [-0.4, -0.2) is 30.9 Å². The third kappa shape index (κ3) is 6.48. The van der Waals surface area contributed by atoms with Crippen molar-refractivity contribution in [2.45, 2.75) is 52.5 Å². The highest BCUT2D eigenvalue weighted by Gasteiger charge is 2.23. The minimum atomic E-state index is -0.643. The second-order valence-electron chi connectivity index (χ2n) is 5.55. The van der Waals surface area contributed by atoms with Crippen LogP contribution in [0.5, 0.6) is 0 Å². The van der Waals surface area contributed by atoms with E-state index < -0.39 is 12.0 Å². The molecule has 0 fully saturated rings. The highest BCUT2D eigenvalue weighted by Crippen LogP contribution is 2.13. The van der Waals surface area contributed by atoms with Crippen molar-refractivity contribution >= 4 is 11.8 Å². The summed E-state index contributed by atoms with van der Waals surface area (Å²) in [5.41, 5.74) is 0.818. The van der Waals surface area contributed by atoms with Gasteiger partial charge in [0.2, 0.25) is 0 Å². The number of nitrogens with one attached hydrogen (secondary N) is 1. The molecule has 23 heavy (non-hydrogen) atoms. The molecule has 0 aliphatic rings. The Bertz CT molecular complexity index is 531. The summed E-state index contributed by atoms with van der Waals surface area (Å²) in [7, 11) is 0. The number of aryl methyl sites for hydroxylation is 1. The van der Waals surface area contributed by atoms with Gasteiger partial charge in [0.05, 0.1) is 19.1 Å². The molecule has 0 aromatic heterocycles. The zero-order valence-corrected chi connectivity index (χ0v) is 14.2. The first kappa shape index (κ1) is 19.3. The Kier molecular flexibility index (Phi) is 8.48. The van der Waals surface area contributed by atoms with Crippen molar-refractivity contribution in [1.82, 2.24) is 5.32 Å². The molecular weight excluding hydrogens is 297 g/mol. The number of unbranched alkanes of at least 4 members (excludes halogenated alkanes) is 2. The third-order valence-electron chi connectivity index (χ3n) is 3.61. The van der Waals surface area contributed by atoms with Crippen LogP contribution in [0.1, 0.15) is 55.5 Å². The molecule has 1 atom stereocenters. The molecule has 0 bridgehead atoms. The van der Waals surface area contributed by atoms with Crippen LogP contribution in [0.3, 0.4) is 0 Å². The maximum absolute atomic E-state index is 13.4. The first-order valence-corrected chi connectivity index (χ1v) is 8.18. The Hall–Kier alpha value is -1.75. The van der Waals surface area contributed by atoms with Gasteiger partial charge in [0.1, 0.15) is 5.82 Å². The highest BCUT2D eigenvalue weighted by molar-refractivity contribution is 6.02. The van der Waals surface area contributed by atoms with Crippen LogP contribution >= 0.6 is 0 Å². The van der Waals surface area contributed by atoms with Crippen LogP contribution in [0, 0.1) is 12.7 Å². The van der Waals surface area contributed by atoms with Crippen molar-refractivity contribution in [2.24, 2.45) is 0 Å². The molecule has 0 radical (unpaired) electrons. The van der Waals surface area contributed by atoms with Gasteiger partial charge in [-0.2, -0.15) is 0 Å². The molecule has 0 aliphatic heterocycles. The number of rotatable bonds is 10. The van der Waals surface area contributed by atoms with Gasteiger partial charge < -0.3 is 10.1 Å². The van der Waals surface area contributed by atoms with Crippen molar-refractivity contribution in [3.8, 4) is 0 Å². The van der Waals surface area contributed by atoms with E-state index in [9.17, 15) is 14.0 Å². The zero-order chi connectivity index (χ0) is 17.2. The van der Waals surface area contributed by atoms with E-state index in [1.54, 1.807) is 13.8 Å². The minimum Gasteiger partial charge on any atom is -0.466 e. The first-order valence-electron chi connectivity index (χ1n) is 8.18. The number of carbonyl (C=O) groups is 2. The van der Waals surface area contributed by atoms with Crippen LogP contribution in [0.15, 0.2) is 18.2 Å². The standard InChI is InChI=1S/C18H26FNO3/c1-4-6-7-10-20-16(12-17(21)23-5-2)18(22)14-8-9-15(19)13(3)11-14/h8-9,11,16,20H,4-7,10,12H2,1-3H3. The molecule has 4 nitrogen and oxygen atoms in total. The summed E-state index contributed by atoms with van der Waals surface area (Å²) in [5.74, 6) is -0.968. The van der Waals surface area contributed by atoms with Gasteiger partial charge in [-0.3, -0.25) is 9.59 Å². The van der Waals surface area contributed by atoms with Gasteiger partial charge in [-0.15, -0.1) is 0 Å². The molecule has 0 amide bonds. The number of benzene rings is 1. The van der Waals surface area contributed by atoms with Crippen molar-refractivity contribution in [1.29, 1.82) is 0 Å². The molecule has 0 spiro atoms. The van der Waals surface area contributed by atoms with Gasteiger partial charge >= 0.3 is 5.97 Å². The average Bonchev–Trinajstić information content (AvgIpc) is 2.52. The molecule has 1 aromatic rings. The topological polar surface area (TPSA) is 55.4 Å². The SMILES string of the molecule is CCCCCNC(CC(=O)OCC)C(=O)c1ccc(F)c(C)c1. The molecular formula is C18H26FNO3. The number of hydrogen-bond donors (Lipinski definition) is 1. The smallest absolute Gasteiger partial charge is 0.307 e. The predicted octanol–water partition coefficient (Wildman–Crippen LogP) is 3.42. The number of esters is 1. The summed E-state index contributed by atoms with van der Waals surface area (Å²) in [6.45, 7) is 6.38. The molecule has 1 rings (SSSR count). The van der Waals surface area contributed by atoms with Gasteiger partial charge in [-0.1, -0.05) is 19.8 Å². The normalized spacial score (nSPS) is 12.0.